The molecule has 0 saturated carbocycles. The van der Waals surface area contributed by atoms with Crippen molar-refractivity contribution in [2.24, 2.45) is 0 Å². The predicted molar refractivity (Wildman–Crippen MR) is 119 cm³/mol. The molecule has 1 aliphatic heterocycles. The van der Waals surface area contributed by atoms with Crippen molar-refractivity contribution in [2.45, 2.75) is 13.1 Å². The van der Waals surface area contributed by atoms with Gasteiger partial charge in [0.05, 0.1) is 19.9 Å². The van der Waals surface area contributed by atoms with Gasteiger partial charge in [-0.05, 0) is 34.0 Å². The first-order chi connectivity index (χ1) is 14.3. The fourth-order valence-corrected chi connectivity index (χ4v) is 4.05. The maximum Gasteiger partial charge on any atom is 0.145 e. The van der Waals surface area contributed by atoms with Gasteiger partial charge in [-0.3, -0.25) is 4.90 Å². The van der Waals surface area contributed by atoms with Crippen molar-refractivity contribution in [3.63, 3.8) is 0 Å². The highest BCUT2D eigenvalue weighted by Gasteiger charge is 2.17. The molecule has 0 radical (unpaired) electrons. The molecule has 5 heteroatoms. The maximum atomic E-state index is 5.43. The molecule has 29 heavy (non-hydrogen) atoms. The van der Waals surface area contributed by atoms with E-state index in [9.17, 15) is 0 Å². The lowest BCUT2D eigenvalue weighted by atomic mass is 9.95. The molecule has 0 aromatic heterocycles. The minimum Gasteiger partial charge on any atom is -0.497 e. The molecule has 4 rings (SSSR count). The molecule has 0 atom stereocenters. The molecule has 2 N–H and O–H groups in total. The summed E-state index contributed by atoms with van der Waals surface area (Å²) in [4.78, 5) is 2.52. The molecular formula is C24H29N3O2. The molecule has 0 spiro atoms. The number of hydrogen-bond acceptors (Lipinski definition) is 5. The Kier molecular flexibility index (Phi) is 6.17. The maximum absolute atomic E-state index is 5.43. The zero-order valence-corrected chi connectivity index (χ0v) is 17.2. The minimum absolute atomic E-state index is 0.796. The predicted octanol–water partition coefficient (Wildman–Crippen LogP) is 3.87. The van der Waals surface area contributed by atoms with E-state index in [4.69, 9.17) is 9.47 Å². The Labute approximate surface area is 172 Å². The summed E-state index contributed by atoms with van der Waals surface area (Å²) in [6.07, 6.45) is 0. The summed E-state index contributed by atoms with van der Waals surface area (Å²) in [7, 11) is 3.34. The van der Waals surface area contributed by atoms with Crippen molar-refractivity contribution in [1.29, 1.82) is 0 Å². The van der Waals surface area contributed by atoms with E-state index in [1.165, 1.54) is 21.9 Å². The standard InChI is InChI=1S/C24H29N3O2/c1-28-21-9-10-22(23(15-21)29-2)26-12-11-25-13-14-27-16-19-7-3-5-18-6-4-8-20(17-27)24(18)19/h3-10,15,25-26H,11-14,16-17H2,1-2H3. The van der Waals surface area contributed by atoms with Crippen LogP contribution in [0.3, 0.4) is 0 Å². The van der Waals surface area contributed by atoms with Crippen LogP contribution in [0.2, 0.25) is 0 Å². The van der Waals surface area contributed by atoms with E-state index >= 15 is 0 Å². The van der Waals surface area contributed by atoms with Gasteiger partial charge in [-0.1, -0.05) is 36.4 Å². The van der Waals surface area contributed by atoms with Crippen LogP contribution in [0, 0.1) is 0 Å². The lowest BCUT2D eigenvalue weighted by Crippen LogP contribution is -2.34. The van der Waals surface area contributed by atoms with Crippen molar-refractivity contribution >= 4 is 16.5 Å². The Morgan fingerprint density at radius 2 is 1.62 bits per heavy atom. The van der Waals surface area contributed by atoms with Gasteiger partial charge in [0.2, 0.25) is 0 Å². The molecule has 0 aliphatic carbocycles. The third-order valence-electron chi connectivity index (χ3n) is 5.50. The van der Waals surface area contributed by atoms with Gasteiger partial charge in [0.1, 0.15) is 11.5 Å². The molecule has 0 saturated heterocycles. The molecule has 152 valence electrons. The molecule has 1 heterocycles. The summed E-state index contributed by atoms with van der Waals surface area (Å²) in [6.45, 7) is 5.80. The molecule has 0 bridgehead atoms. The van der Waals surface area contributed by atoms with E-state index in [1.807, 2.05) is 18.2 Å². The zero-order valence-electron chi connectivity index (χ0n) is 17.2. The van der Waals surface area contributed by atoms with Crippen LogP contribution in [-0.4, -0.2) is 45.3 Å². The second kappa shape index (κ2) is 9.16. The average molecular weight is 392 g/mol. The van der Waals surface area contributed by atoms with E-state index in [1.54, 1.807) is 14.2 Å². The zero-order chi connectivity index (χ0) is 20.1. The van der Waals surface area contributed by atoms with Crippen LogP contribution in [0.15, 0.2) is 54.6 Å². The summed E-state index contributed by atoms with van der Waals surface area (Å²) >= 11 is 0. The molecule has 3 aromatic carbocycles. The topological polar surface area (TPSA) is 45.8 Å². The molecule has 0 amide bonds. The van der Waals surface area contributed by atoms with Crippen molar-refractivity contribution in [3.8, 4) is 11.5 Å². The second-order valence-electron chi connectivity index (χ2n) is 7.39. The molecule has 0 fully saturated rings. The second-order valence-corrected chi connectivity index (χ2v) is 7.39. The van der Waals surface area contributed by atoms with Crippen LogP contribution in [0.1, 0.15) is 11.1 Å². The largest absolute Gasteiger partial charge is 0.497 e. The van der Waals surface area contributed by atoms with E-state index in [0.717, 1.165) is 56.5 Å². The smallest absolute Gasteiger partial charge is 0.145 e. The third-order valence-corrected chi connectivity index (χ3v) is 5.50. The van der Waals surface area contributed by atoms with Crippen LogP contribution >= 0.6 is 0 Å². The first-order valence-electron chi connectivity index (χ1n) is 10.2. The minimum atomic E-state index is 0.796. The number of nitrogens with zero attached hydrogens (tertiary/aromatic N) is 1. The lowest BCUT2D eigenvalue weighted by Gasteiger charge is -2.29. The molecule has 5 nitrogen and oxygen atoms in total. The van der Waals surface area contributed by atoms with Crippen molar-refractivity contribution in [2.75, 3.05) is 45.7 Å². The van der Waals surface area contributed by atoms with Crippen molar-refractivity contribution < 1.29 is 9.47 Å². The van der Waals surface area contributed by atoms with Gasteiger partial charge in [-0.25, -0.2) is 0 Å². The highest BCUT2D eigenvalue weighted by atomic mass is 16.5. The third kappa shape index (κ3) is 4.47. The molecule has 1 aliphatic rings. The average Bonchev–Trinajstić information content (AvgIpc) is 2.76. The fourth-order valence-electron chi connectivity index (χ4n) is 4.05. The van der Waals surface area contributed by atoms with E-state index in [0.29, 0.717) is 0 Å². The van der Waals surface area contributed by atoms with Gasteiger partial charge >= 0.3 is 0 Å². The highest BCUT2D eigenvalue weighted by Crippen LogP contribution is 2.30. The van der Waals surface area contributed by atoms with E-state index in [-0.39, 0.29) is 0 Å². The molecule has 0 unspecified atom stereocenters. The summed E-state index contributed by atoms with van der Waals surface area (Å²) < 4.78 is 10.7. The number of benzene rings is 3. The molecular weight excluding hydrogens is 362 g/mol. The van der Waals surface area contributed by atoms with Crippen molar-refractivity contribution in [3.05, 3.63) is 65.7 Å². The Hall–Kier alpha value is -2.76. The fraction of sp³-hybridized carbons (Fsp3) is 0.333. The monoisotopic (exact) mass is 391 g/mol. The summed E-state index contributed by atoms with van der Waals surface area (Å²) in [5.74, 6) is 1.59. The SMILES string of the molecule is COc1ccc(NCCNCCN2Cc3cccc4cccc(c34)C2)c(OC)c1. The Bertz CT molecular complexity index is 933. The van der Waals surface area contributed by atoms with Gasteiger partial charge in [-0.2, -0.15) is 0 Å². The van der Waals surface area contributed by atoms with Gasteiger partial charge < -0.3 is 20.1 Å². The van der Waals surface area contributed by atoms with Crippen LogP contribution in [0.25, 0.3) is 10.8 Å². The molecule has 3 aromatic rings. The van der Waals surface area contributed by atoms with Crippen LogP contribution in [-0.2, 0) is 13.1 Å². The first-order valence-corrected chi connectivity index (χ1v) is 10.2. The van der Waals surface area contributed by atoms with Gasteiger partial charge in [0.15, 0.2) is 0 Å². The Morgan fingerprint density at radius 3 is 2.31 bits per heavy atom. The number of nitrogens with one attached hydrogen (secondary N) is 2. The summed E-state index contributed by atoms with van der Waals surface area (Å²) in [5, 5.41) is 9.78. The Balaban J connectivity index is 1.22. The first kappa shape index (κ1) is 19.6. The van der Waals surface area contributed by atoms with Crippen molar-refractivity contribution in [1.82, 2.24) is 10.2 Å². The van der Waals surface area contributed by atoms with E-state index in [2.05, 4.69) is 51.9 Å². The van der Waals surface area contributed by atoms with Crippen LogP contribution in [0.4, 0.5) is 5.69 Å². The number of anilines is 1. The summed E-state index contributed by atoms with van der Waals surface area (Å²) in [6, 6.07) is 19.1. The number of methoxy groups -OCH3 is 2. The lowest BCUT2D eigenvalue weighted by molar-refractivity contribution is 0.253. The van der Waals surface area contributed by atoms with Gasteiger partial charge in [0.25, 0.3) is 0 Å². The normalized spacial score (nSPS) is 13.4. The highest BCUT2D eigenvalue weighted by molar-refractivity contribution is 5.89. The van der Waals surface area contributed by atoms with Crippen LogP contribution < -0.4 is 20.1 Å². The number of ether oxygens (including phenoxy) is 2. The van der Waals surface area contributed by atoms with Crippen LogP contribution in [0.5, 0.6) is 11.5 Å². The number of hydrogen-bond donors (Lipinski definition) is 2. The quantitative estimate of drug-likeness (QED) is 0.542. The van der Waals surface area contributed by atoms with E-state index < -0.39 is 0 Å². The number of rotatable bonds is 9. The van der Waals surface area contributed by atoms with Gasteiger partial charge in [0, 0.05) is 45.3 Å². The Morgan fingerprint density at radius 1 is 0.862 bits per heavy atom. The summed E-state index contributed by atoms with van der Waals surface area (Å²) in [5.41, 5.74) is 3.87. The van der Waals surface area contributed by atoms with Gasteiger partial charge in [-0.15, -0.1) is 0 Å².